The fraction of sp³-hybridized carbons (Fsp3) is 0.200. The number of hydrogen-bond acceptors (Lipinski definition) is 5. The highest BCUT2D eigenvalue weighted by molar-refractivity contribution is 5.74. The summed E-state index contributed by atoms with van der Waals surface area (Å²) >= 11 is 0. The van der Waals surface area contributed by atoms with E-state index in [-0.39, 0.29) is 12.3 Å². The lowest BCUT2D eigenvalue weighted by molar-refractivity contribution is 0.302. The Bertz CT molecular complexity index is 1410. The second-order valence-electron chi connectivity index (χ2n) is 7.75. The molecule has 7 heteroatoms. The third kappa shape index (κ3) is 3.79. The minimum Gasteiger partial charge on any atom is -0.489 e. The van der Waals surface area contributed by atoms with Crippen molar-refractivity contribution in [3.63, 3.8) is 0 Å². The second kappa shape index (κ2) is 8.52. The molecule has 0 unspecified atom stereocenters. The number of benzene rings is 3. The molecule has 0 atom stereocenters. The van der Waals surface area contributed by atoms with Gasteiger partial charge in [0.05, 0.1) is 17.3 Å². The number of nitriles is 1. The third-order valence-electron chi connectivity index (χ3n) is 5.57. The minimum atomic E-state index is -0.315. The first-order valence-electron chi connectivity index (χ1n) is 10.2. The van der Waals surface area contributed by atoms with Gasteiger partial charge in [-0.2, -0.15) is 14.6 Å². The maximum Gasteiger partial charge on any atom is 0.368 e. The molecule has 0 amide bonds. The normalized spacial score (nSPS) is 10.7. The average Bonchev–Trinajstić information content (AvgIpc) is 3.12. The number of aromatic nitrogens is 4. The van der Waals surface area contributed by atoms with Gasteiger partial charge in [0, 0.05) is 12.6 Å². The Morgan fingerprint density at radius 3 is 2.44 bits per heavy atom. The summed E-state index contributed by atoms with van der Waals surface area (Å²) in [5.41, 5.74) is 6.73. The van der Waals surface area contributed by atoms with Crippen molar-refractivity contribution in [2.75, 3.05) is 0 Å². The molecular weight excluding hydrogens is 402 g/mol. The largest absolute Gasteiger partial charge is 0.489 e. The van der Waals surface area contributed by atoms with Crippen LogP contribution in [0.2, 0.25) is 0 Å². The topological polar surface area (TPSA) is 85.7 Å². The molecule has 0 bridgehead atoms. The lowest BCUT2D eigenvalue weighted by Crippen LogP contribution is -2.23. The zero-order valence-electron chi connectivity index (χ0n) is 18.5. The van der Waals surface area contributed by atoms with Crippen LogP contribution in [-0.2, 0) is 13.7 Å². The molecule has 4 rings (SSSR count). The van der Waals surface area contributed by atoms with Crippen LogP contribution in [0.5, 0.6) is 5.75 Å². The Morgan fingerprint density at radius 2 is 1.72 bits per heavy atom. The van der Waals surface area contributed by atoms with Gasteiger partial charge in [-0.15, -0.1) is 0 Å². The van der Waals surface area contributed by atoms with Gasteiger partial charge >= 0.3 is 5.69 Å². The summed E-state index contributed by atoms with van der Waals surface area (Å²) in [6.07, 6.45) is 0. The van der Waals surface area contributed by atoms with E-state index in [9.17, 15) is 10.1 Å². The molecule has 0 spiro atoms. The highest BCUT2D eigenvalue weighted by atomic mass is 16.5. The van der Waals surface area contributed by atoms with Crippen LogP contribution >= 0.6 is 0 Å². The summed E-state index contributed by atoms with van der Waals surface area (Å²) < 4.78 is 8.68. The third-order valence-corrected chi connectivity index (χ3v) is 5.57. The van der Waals surface area contributed by atoms with E-state index in [0.717, 1.165) is 39.1 Å². The minimum absolute atomic E-state index is 0.277. The van der Waals surface area contributed by atoms with Crippen molar-refractivity contribution >= 4 is 0 Å². The molecule has 0 saturated heterocycles. The van der Waals surface area contributed by atoms with Gasteiger partial charge in [-0.05, 0) is 83.3 Å². The maximum absolute atomic E-state index is 12.4. The number of ether oxygens (including phenoxy) is 1. The summed E-state index contributed by atoms with van der Waals surface area (Å²) in [5.74, 6) is 0.751. The Labute approximate surface area is 186 Å². The van der Waals surface area contributed by atoms with Crippen LogP contribution in [0.25, 0.3) is 16.8 Å². The quantitative estimate of drug-likeness (QED) is 0.482. The van der Waals surface area contributed by atoms with E-state index in [4.69, 9.17) is 4.74 Å². The van der Waals surface area contributed by atoms with Crippen molar-refractivity contribution in [2.45, 2.75) is 27.4 Å². The highest BCUT2D eigenvalue weighted by Gasteiger charge is 2.15. The van der Waals surface area contributed by atoms with Crippen molar-refractivity contribution in [3.8, 4) is 28.6 Å². The molecule has 0 aliphatic carbocycles. The molecule has 0 saturated carbocycles. The van der Waals surface area contributed by atoms with Gasteiger partial charge in [-0.3, -0.25) is 0 Å². The van der Waals surface area contributed by atoms with Crippen LogP contribution in [0, 0.1) is 32.1 Å². The molecule has 0 aliphatic heterocycles. The summed E-state index contributed by atoms with van der Waals surface area (Å²) in [7, 11) is 1.57. The van der Waals surface area contributed by atoms with Crippen LogP contribution < -0.4 is 10.4 Å². The van der Waals surface area contributed by atoms with E-state index >= 15 is 0 Å². The molecule has 0 N–H and O–H groups in total. The zero-order chi connectivity index (χ0) is 22.8. The van der Waals surface area contributed by atoms with E-state index in [2.05, 4.69) is 16.5 Å². The SMILES string of the molecule is Cc1cc(-c2ccccc2C#N)c(C)cc1OCc1c(C)cccc1-n1nnn(C)c1=O. The smallest absolute Gasteiger partial charge is 0.368 e. The summed E-state index contributed by atoms with van der Waals surface area (Å²) in [6, 6.07) is 19.6. The van der Waals surface area contributed by atoms with Gasteiger partial charge in [-0.1, -0.05) is 30.3 Å². The number of hydrogen-bond donors (Lipinski definition) is 0. The first kappa shape index (κ1) is 21.1. The molecule has 0 fully saturated rings. The summed E-state index contributed by atoms with van der Waals surface area (Å²) in [4.78, 5) is 12.4. The van der Waals surface area contributed by atoms with Gasteiger partial charge in [0.1, 0.15) is 12.4 Å². The van der Waals surface area contributed by atoms with Crippen molar-refractivity contribution in [1.29, 1.82) is 5.26 Å². The van der Waals surface area contributed by atoms with E-state index in [1.165, 1.54) is 9.36 Å². The highest BCUT2D eigenvalue weighted by Crippen LogP contribution is 2.32. The van der Waals surface area contributed by atoms with Crippen molar-refractivity contribution < 1.29 is 4.74 Å². The maximum atomic E-state index is 12.4. The molecular formula is C25H23N5O2. The first-order valence-corrected chi connectivity index (χ1v) is 10.2. The fourth-order valence-electron chi connectivity index (χ4n) is 3.74. The van der Waals surface area contributed by atoms with Gasteiger partial charge in [0.25, 0.3) is 0 Å². The standard InChI is InChI=1S/C25H23N5O2/c1-16-8-7-11-23(30-25(31)29(4)27-28-30)22(16)15-32-24-13-17(2)21(12-18(24)3)20-10-6-5-9-19(20)14-26/h5-13H,15H2,1-4H3. The van der Waals surface area contributed by atoms with E-state index in [1.807, 2.05) is 75.4 Å². The molecule has 1 aromatic heterocycles. The van der Waals surface area contributed by atoms with Gasteiger partial charge in [0.15, 0.2) is 0 Å². The van der Waals surface area contributed by atoms with Crippen molar-refractivity contribution in [1.82, 2.24) is 19.8 Å². The molecule has 4 aromatic rings. The van der Waals surface area contributed by atoms with Gasteiger partial charge < -0.3 is 4.74 Å². The van der Waals surface area contributed by atoms with Crippen molar-refractivity contribution in [3.05, 3.63) is 92.9 Å². The Hall–Kier alpha value is -4.18. The summed E-state index contributed by atoms with van der Waals surface area (Å²) in [6.45, 7) is 6.25. The van der Waals surface area contributed by atoms with Crippen LogP contribution in [-0.4, -0.2) is 19.8 Å². The number of aryl methyl sites for hydroxylation is 4. The zero-order valence-corrected chi connectivity index (χ0v) is 18.5. The summed E-state index contributed by atoms with van der Waals surface area (Å²) in [5, 5.41) is 17.2. The van der Waals surface area contributed by atoms with Crippen LogP contribution in [0.1, 0.15) is 27.8 Å². The Morgan fingerprint density at radius 1 is 0.938 bits per heavy atom. The van der Waals surface area contributed by atoms with E-state index < -0.39 is 0 Å². The number of rotatable bonds is 5. The van der Waals surface area contributed by atoms with Gasteiger partial charge in [-0.25, -0.2) is 4.79 Å². The van der Waals surface area contributed by atoms with E-state index in [1.54, 1.807) is 7.05 Å². The molecule has 0 radical (unpaired) electrons. The molecule has 3 aromatic carbocycles. The predicted molar refractivity (Wildman–Crippen MR) is 122 cm³/mol. The Balaban J connectivity index is 1.68. The monoisotopic (exact) mass is 425 g/mol. The average molecular weight is 425 g/mol. The molecule has 160 valence electrons. The predicted octanol–water partition coefficient (Wildman–Crippen LogP) is 4.01. The van der Waals surface area contributed by atoms with Crippen LogP contribution in [0.15, 0.2) is 59.4 Å². The molecule has 0 aliphatic rings. The molecule has 7 nitrogen and oxygen atoms in total. The first-order chi connectivity index (χ1) is 15.4. The Kier molecular flexibility index (Phi) is 5.61. The van der Waals surface area contributed by atoms with Gasteiger partial charge in [0.2, 0.25) is 0 Å². The number of nitrogens with zero attached hydrogens (tertiary/aromatic N) is 5. The molecule has 32 heavy (non-hydrogen) atoms. The lowest BCUT2D eigenvalue weighted by atomic mass is 9.94. The van der Waals surface area contributed by atoms with Crippen molar-refractivity contribution in [2.24, 2.45) is 7.05 Å². The molecule has 1 heterocycles. The lowest BCUT2D eigenvalue weighted by Gasteiger charge is -2.16. The number of tetrazole rings is 1. The fourth-order valence-corrected chi connectivity index (χ4v) is 3.74. The van der Waals surface area contributed by atoms with Crippen LogP contribution in [0.3, 0.4) is 0 Å². The van der Waals surface area contributed by atoms with E-state index in [0.29, 0.717) is 11.3 Å². The second-order valence-corrected chi connectivity index (χ2v) is 7.75. The van der Waals surface area contributed by atoms with Crippen LogP contribution in [0.4, 0.5) is 0 Å².